The number of halogens is 1. The van der Waals surface area contributed by atoms with E-state index in [4.69, 9.17) is 21.1 Å². The van der Waals surface area contributed by atoms with E-state index in [1.807, 2.05) is 72.8 Å². The highest BCUT2D eigenvalue weighted by Crippen LogP contribution is 2.44. The number of anilines is 2. The normalized spacial score (nSPS) is 11.9. The maximum atomic E-state index is 12.9. The molecule has 4 aromatic carbocycles. The summed E-state index contributed by atoms with van der Waals surface area (Å²) < 4.78 is 11.4. The van der Waals surface area contributed by atoms with Gasteiger partial charge in [0.25, 0.3) is 0 Å². The average Bonchev–Trinajstić information content (AvgIpc) is 2.89. The quantitative estimate of drug-likeness (QED) is 0.181. The van der Waals surface area contributed by atoms with Gasteiger partial charge in [-0.2, -0.15) is 0 Å². The third kappa shape index (κ3) is 5.37. The first-order chi connectivity index (χ1) is 17.1. The van der Waals surface area contributed by atoms with Gasteiger partial charge in [0.15, 0.2) is 5.78 Å². The van der Waals surface area contributed by atoms with E-state index in [2.05, 4.69) is 11.4 Å². The van der Waals surface area contributed by atoms with E-state index in [1.54, 1.807) is 37.1 Å². The van der Waals surface area contributed by atoms with Crippen LogP contribution in [0.4, 0.5) is 11.4 Å². The van der Waals surface area contributed by atoms with Crippen LogP contribution in [-0.4, -0.2) is 12.9 Å². The molecule has 35 heavy (non-hydrogen) atoms. The van der Waals surface area contributed by atoms with Gasteiger partial charge in [0, 0.05) is 25.9 Å². The van der Waals surface area contributed by atoms with Gasteiger partial charge >= 0.3 is 0 Å². The molecule has 5 rings (SSSR count). The molecule has 1 heterocycles. The fraction of sp³-hybridized carbons (Fsp3) is 0.0690. The van der Waals surface area contributed by atoms with Gasteiger partial charge < -0.3 is 14.8 Å². The molecule has 0 saturated heterocycles. The van der Waals surface area contributed by atoms with Gasteiger partial charge in [-0.25, -0.2) is 0 Å². The summed E-state index contributed by atoms with van der Waals surface area (Å²) in [7, 11) is 1.62. The van der Waals surface area contributed by atoms with Crippen LogP contribution in [0.1, 0.15) is 21.5 Å². The van der Waals surface area contributed by atoms with Gasteiger partial charge in [-0.15, -0.1) is 0 Å². The molecule has 6 heteroatoms. The molecule has 4 aromatic rings. The van der Waals surface area contributed by atoms with Crippen molar-refractivity contribution in [1.82, 2.24) is 0 Å². The molecule has 1 aliphatic rings. The van der Waals surface area contributed by atoms with Crippen LogP contribution in [0.3, 0.4) is 0 Å². The predicted molar refractivity (Wildman–Crippen MR) is 142 cm³/mol. The van der Waals surface area contributed by atoms with Crippen LogP contribution in [0.5, 0.6) is 11.5 Å². The fourth-order valence-corrected chi connectivity index (χ4v) is 4.94. The van der Waals surface area contributed by atoms with Crippen LogP contribution >= 0.6 is 23.4 Å². The number of hydrogen-bond acceptors (Lipinski definition) is 5. The minimum Gasteiger partial charge on any atom is -0.496 e. The zero-order valence-corrected chi connectivity index (χ0v) is 20.5. The monoisotopic (exact) mass is 499 g/mol. The Hall–Kier alpha value is -3.67. The number of nitrogens with one attached hydrogen (secondary N) is 1. The van der Waals surface area contributed by atoms with E-state index >= 15 is 0 Å². The van der Waals surface area contributed by atoms with Crippen molar-refractivity contribution >= 4 is 46.6 Å². The summed E-state index contributed by atoms with van der Waals surface area (Å²) in [6.07, 6.45) is 3.40. The summed E-state index contributed by atoms with van der Waals surface area (Å²) >= 11 is 7.74. The third-order valence-corrected chi connectivity index (χ3v) is 6.95. The van der Waals surface area contributed by atoms with E-state index < -0.39 is 0 Å². The number of hydrogen-bond donors (Lipinski definition) is 1. The molecule has 0 spiro atoms. The third-order valence-electron chi connectivity index (χ3n) is 5.56. The molecule has 0 bridgehead atoms. The first-order valence-electron chi connectivity index (χ1n) is 11.0. The molecule has 0 atom stereocenters. The highest BCUT2D eigenvalue weighted by atomic mass is 35.5. The van der Waals surface area contributed by atoms with Crippen molar-refractivity contribution in [2.45, 2.75) is 16.4 Å². The molecule has 0 radical (unpaired) electrons. The smallest absolute Gasteiger partial charge is 0.185 e. The van der Waals surface area contributed by atoms with E-state index in [1.165, 1.54) is 4.90 Å². The number of carbonyl (C=O) groups is 1. The Bertz CT molecular complexity index is 1430. The first-order valence-corrected chi connectivity index (χ1v) is 12.2. The summed E-state index contributed by atoms with van der Waals surface area (Å²) in [6, 6.07) is 26.9. The van der Waals surface area contributed by atoms with Gasteiger partial charge in [-0.05, 0) is 72.3 Å². The number of fused-ring (bicyclic) bond motifs is 2. The Morgan fingerprint density at radius 1 is 0.943 bits per heavy atom. The predicted octanol–water partition coefficient (Wildman–Crippen LogP) is 8.03. The maximum absolute atomic E-state index is 12.9. The first kappa shape index (κ1) is 23.1. The molecular formula is C29H22ClNO3S. The molecular weight excluding hydrogens is 478 g/mol. The zero-order valence-electron chi connectivity index (χ0n) is 19.0. The number of ketones is 1. The molecule has 0 amide bonds. The maximum Gasteiger partial charge on any atom is 0.185 e. The highest BCUT2D eigenvalue weighted by Gasteiger charge is 2.16. The molecule has 0 unspecified atom stereocenters. The van der Waals surface area contributed by atoms with Crippen molar-refractivity contribution in [2.24, 2.45) is 0 Å². The van der Waals surface area contributed by atoms with Gasteiger partial charge in [-0.1, -0.05) is 53.7 Å². The van der Waals surface area contributed by atoms with Crippen LogP contribution < -0.4 is 14.8 Å². The van der Waals surface area contributed by atoms with Crippen LogP contribution in [-0.2, 0) is 6.61 Å². The lowest BCUT2D eigenvalue weighted by Gasteiger charge is -2.20. The van der Waals surface area contributed by atoms with Gasteiger partial charge in [-0.3, -0.25) is 4.79 Å². The number of methoxy groups -OCH3 is 1. The highest BCUT2D eigenvalue weighted by molar-refractivity contribution is 7.99. The van der Waals surface area contributed by atoms with Crippen LogP contribution in [0.25, 0.3) is 6.08 Å². The Labute approximate surface area is 213 Å². The number of rotatable bonds is 7. The fourth-order valence-electron chi connectivity index (χ4n) is 3.79. The summed E-state index contributed by atoms with van der Waals surface area (Å²) in [5.41, 5.74) is 4.37. The molecule has 0 aromatic heterocycles. The van der Waals surface area contributed by atoms with E-state index in [9.17, 15) is 4.79 Å². The SMILES string of the molecule is COc1ccc(/C=C/C(=O)c2ccc3c(c2)Nc2ccccc2S3)cc1COc1cccc(Cl)c1. The van der Waals surface area contributed by atoms with Crippen molar-refractivity contribution in [3.8, 4) is 11.5 Å². The Morgan fingerprint density at radius 2 is 1.80 bits per heavy atom. The van der Waals surface area contributed by atoms with E-state index in [0.29, 0.717) is 28.7 Å². The second-order valence-corrected chi connectivity index (χ2v) is 9.47. The lowest BCUT2D eigenvalue weighted by Crippen LogP contribution is -2.02. The zero-order chi connectivity index (χ0) is 24.2. The van der Waals surface area contributed by atoms with Gasteiger partial charge in [0.05, 0.1) is 18.5 Å². The van der Waals surface area contributed by atoms with Crippen molar-refractivity contribution in [1.29, 1.82) is 0 Å². The summed E-state index contributed by atoms with van der Waals surface area (Å²) in [6.45, 7) is 0.314. The van der Waals surface area contributed by atoms with E-state index in [-0.39, 0.29) is 5.78 Å². The second-order valence-electron chi connectivity index (χ2n) is 7.95. The number of para-hydroxylation sites is 1. The Balaban J connectivity index is 1.30. The Morgan fingerprint density at radius 3 is 2.66 bits per heavy atom. The van der Waals surface area contributed by atoms with Crippen LogP contribution in [0.15, 0.2) is 101 Å². The summed E-state index contributed by atoms with van der Waals surface area (Å²) in [4.78, 5) is 15.2. The molecule has 0 fully saturated rings. The number of benzene rings is 4. The van der Waals surface area contributed by atoms with Crippen LogP contribution in [0, 0.1) is 0 Å². The second kappa shape index (κ2) is 10.3. The summed E-state index contributed by atoms with van der Waals surface area (Å²) in [5.74, 6) is 1.33. The average molecular weight is 500 g/mol. The molecule has 4 nitrogen and oxygen atoms in total. The van der Waals surface area contributed by atoms with Gasteiger partial charge in [0.2, 0.25) is 0 Å². The number of carbonyl (C=O) groups excluding carboxylic acids is 1. The molecule has 1 aliphatic heterocycles. The van der Waals surface area contributed by atoms with Gasteiger partial charge in [0.1, 0.15) is 18.1 Å². The van der Waals surface area contributed by atoms with E-state index in [0.717, 1.165) is 27.4 Å². The van der Waals surface area contributed by atoms with Crippen LogP contribution in [0.2, 0.25) is 5.02 Å². The lowest BCUT2D eigenvalue weighted by atomic mass is 10.1. The molecule has 1 N–H and O–H groups in total. The lowest BCUT2D eigenvalue weighted by molar-refractivity contribution is 0.104. The van der Waals surface area contributed by atoms with Crippen molar-refractivity contribution in [3.05, 3.63) is 113 Å². The minimum atomic E-state index is -0.0639. The number of allylic oxidation sites excluding steroid dienone is 1. The van der Waals surface area contributed by atoms with Crippen molar-refractivity contribution in [3.63, 3.8) is 0 Å². The topological polar surface area (TPSA) is 47.6 Å². The summed E-state index contributed by atoms with van der Waals surface area (Å²) in [5, 5.41) is 4.04. The van der Waals surface area contributed by atoms with Crippen molar-refractivity contribution < 1.29 is 14.3 Å². The molecule has 174 valence electrons. The molecule has 0 aliphatic carbocycles. The number of ether oxygens (including phenoxy) is 2. The Kier molecular flexibility index (Phi) is 6.80. The minimum absolute atomic E-state index is 0.0639. The standard InChI is InChI=1S/C29H22ClNO3S/c1-33-27-13-10-19(15-21(27)18-34-23-6-4-5-22(30)17-23)9-12-26(32)20-11-14-29-25(16-20)31-24-7-2-3-8-28(24)35-29/h2-17,31H,18H2,1H3/b12-9+. The largest absolute Gasteiger partial charge is 0.496 e. The molecule has 0 saturated carbocycles. The van der Waals surface area contributed by atoms with Crippen molar-refractivity contribution in [2.75, 3.05) is 12.4 Å².